The standard InChI is InChI=1S/C15H14F3N5O2/c16-15(17,18)11-1-3-13(19-9-11)21-5-7-22(8-6-21)14-4-2-12(10-20-14)23(24)25/h1-4,9-10H,5-8H2/p+2. The number of H-pyrrole nitrogens is 2. The Kier molecular flexibility index (Phi) is 4.43. The molecule has 3 heterocycles. The lowest BCUT2D eigenvalue weighted by molar-refractivity contribution is -0.414. The summed E-state index contributed by atoms with van der Waals surface area (Å²) in [6.45, 7) is 2.52. The minimum Gasteiger partial charge on any atom is -0.258 e. The van der Waals surface area contributed by atoms with Gasteiger partial charge in [-0.3, -0.25) is 19.9 Å². The van der Waals surface area contributed by atoms with E-state index in [1.807, 2.05) is 9.80 Å². The highest BCUT2D eigenvalue weighted by atomic mass is 19.4. The SMILES string of the molecule is O=[N+]([O-])c1ccc(N2CCN(c3ccc(C(F)(F)F)c[nH+]3)CC2)[nH+]c1. The number of aromatic amines is 2. The molecule has 2 aromatic heterocycles. The summed E-state index contributed by atoms with van der Waals surface area (Å²) in [6, 6.07) is 5.57. The minimum atomic E-state index is -4.36. The summed E-state index contributed by atoms with van der Waals surface area (Å²) in [6.07, 6.45) is -2.06. The molecular weight excluding hydrogens is 339 g/mol. The van der Waals surface area contributed by atoms with Crippen molar-refractivity contribution in [3.63, 3.8) is 0 Å². The molecule has 0 bridgehead atoms. The first-order chi connectivity index (χ1) is 11.8. The molecule has 10 heteroatoms. The molecule has 0 amide bonds. The zero-order valence-electron chi connectivity index (χ0n) is 13.1. The van der Waals surface area contributed by atoms with Crippen LogP contribution < -0.4 is 19.8 Å². The van der Waals surface area contributed by atoms with Gasteiger partial charge >= 0.3 is 11.9 Å². The molecule has 3 rings (SSSR count). The summed E-state index contributed by atoms with van der Waals surface area (Å²) in [5.41, 5.74) is -0.725. The third-order valence-electron chi connectivity index (χ3n) is 4.08. The second-order valence-corrected chi connectivity index (χ2v) is 5.62. The van der Waals surface area contributed by atoms with Gasteiger partial charge in [0.25, 0.3) is 11.6 Å². The summed E-state index contributed by atoms with van der Waals surface area (Å²) in [5, 5.41) is 10.7. The Morgan fingerprint density at radius 1 is 0.920 bits per heavy atom. The molecule has 1 aliphatic heterocycles. The van der Waals surface area contributed by atoms with Crippen LogP contribution in [0.5, 0.6) is 0 Å². The van der Waals surface area contributed by atoms with Crippen LogP contribution in [0.3, 0.4) is 0 Å². The molecule has 0 atom stereocenters. The normalized spacial score (nSPS) is 15.3. The molecule has 1 saturated heterocycles. The van der Waals surface area contributed by atoms with Crippen molar-refractivity contribution in [2.24, 2.45) is 0 Å². The van der Waals surface area contributed by atoms with E-state index in [1.165, 1.54) is 18.3 Å². The number of nitrogens with zero attached hydrogens (tertiary/aromatic N) is 3. The Morgan fingerprint density at radius 2 is 1.44 bits per heavy atom. The molecule has 0 spiro atoms. The predicted molar refractivity (Wildman–Crippen MR) is 82.1 cm³/mol. The third-order valence-corrected chi connectivity index (χ3v) is 4.08. The van der Waals surface area contributed by atoms with Gasteiger partial charge in [0.1, 0.15) is 32.4 Å². The Balaban J connectivity index is 1.62. The molecule has 0 aromatic carbocycles. The van der Waals surface area contributed by atoms with Crippen LogP contribution >= 0.6 is 0 Å². The van der Waals surface area contributed by atoms with Gasteiger partial charge in [-0.15, -0.1) is 0 Å². The number of hydrogen-bond acceptors (Lipinski definition) is 4. The van der Waals surface area contributed by atoms with Crippen molar-refractivity contribution in [1.82, 2.24) is 0 Å². The third kappa shape index (κ3) is 3.78. The predicted octanol–water partition coefficient (Wildman–Crippen LogP) is 1.57. The number of hydrogen-bond donors (Lipinski definition) is 0. The zero-order chi connectivity index (χ0) is 18.0. The molecule has 2 N–H and O–H groups in total. The number of aromatic nitrogens is 2. The molecule has 0 aliphatic carbocycles. The van der Waals surface area contributed by atoms with Crippen LogP contribution in [-0.2, 0) is 6.18 Å². The average Bonchev–Trinajstić information content (AvgIpc) is 2.61. The highest BCUT2D eigenvalue weighted by Gasteiger charge is 2.33. The van der Waals surface area contributed by atoms with Crippen LogP contribution in [0.4, 0.5) is 30.5 Å². The average molecular weight is 355 g/mol. The lowest BCUT2D eigenvalue weighted by Crippen LogP contribution is -2.49. The van der Waals surface area contributed by atoms with E-state index in [4.69, 9.17) is 0 Å². The molecule has 0 radical (unpaired) electrons. The maximum atomic E-state index is 12.6. The molecule has 0 saturated carbocycles. The maximum Gasteiger partial charge on any atom is 0.419 e. The molecule has 0 unspecified atom stereocenters. The van der Waals surface area contributed by atoms with Crippen molar-refractivity contribution in [3.8, 4) is 0 Å². The number of pyridine rings is 2. The number of rotatable bonds is 3. The fourth-order valence-corrected chi connectivity index (χ4v) is 2.70. The van der Waals surface area contributed by atoms with Crippen molar-refractivity contribution in [3.05, 3.63) is 52.3 Å². The first-order valence-corrected chi connectivity index (χ1v) is 7.59. The van der Waals surface area contributed by atoms with Gasteiger partial charge in [-0.05, 0) is 6.07 Å². The summed E-state index contributed by atoms with van der Waals surface area (Å²) >= 11 is 0. The second-order valence-electron chi connectivity index (χ2n) is 5.62. The summed E-state index contributed by atoms with van der Waals surface area (Å²) in [7, 11) is 0. The van der Waals surface area contributed by atoms with Gasteiger partial charge in [0, 0.05) is 18.2 Å². The molecule has 7 nitrogen and oxygen atoms in total. The van der Waals surface area contributed by atoms with Crippen molar-refractivity contribution in [2.75, 3.05) is 36.0 Å². The maximum absolute atomic E-state index is 12.6. The van der Waals surface area contributed by atoms with Crippen LogP contribution in [0, 0.1) is 10.1 Å². The van der Waals surface area contributed by atoms with Crippen molar-refractivity contribution < 1.29 is 28.1 Å². The number of anilines is 2. The van der Waals surface area contributed by atoms with E-state index in [-0.39, 0.29) is 5.69 Å². The molecule has 1 aliphatic rings. The zero-order valence-corrected chi connectivity index (χ0v) is 13.1. The summed E-state index contributed by atoms with van der Waals surface area (Å²) in [5.74, 6) is 1.39. The van der Waals surface area contributed by atoms with E-state index < -0.39 is 16.7 Å². The molecular formula is C15H16F3N5O2+2. The topological polar surface area (TPSA) is 77.9 Å². The smallest absolute Gasteiger partial charge is 0.258 e. The number of alkyl halides is 3. The van der Waals surface area contributed by atoms with E-state index >= 15 is 0 Å². The minimum absolute atomic E-state index is 0.0123. The van der Waals surface area contributed by atoms with Crippen LogP contribution in [0.1, 0.15) is 5.56 Å². The molecule has 2 aromatic rings. The van der Waals surface area contributed by atoms with Gasteiger partial charge < -0.3 is 0 Å². The molecule has 1 fully saturated rings. The number of nitrogens with one attached hydrogen (secondary N) is 2. The van der Waals surface area contributed by atoms with Gasteiger partial charge in [0.15, 0.2) is 6.20 Å². The lowest BCUT2D eigenvalue weighted by Gasteiger charge is -2.26. The fourth-order valence-electron chi connectivity index (χ4n) is 2.70. The molecule has 25 heavy (non-hydrogen) atoms. The quantitative estimate of drug-likeness (QED) is 0.618. The van der Waals surface area contributed by atoms with Gasteiger partial charge in [-0.1, -0.05) is 0 Å². The number of piperazine rings is 1. The van der Waals surface area contributed by atoms with Crippen LogP contribution in [-0.4, -0.2) is 31.1 Å². The number of nitro groups is 1. The van der Waals surface area contributed by atoms with Gasteiger partial charge in [-0.2, -0.15) is 13.2 Å². The van der Waals surface area contributed by atoms with Gasteiger partial charge in [0.2, 0.25) is 0 Å². The van der Waals surface area contributed by atoms with Crippen LogP contribution in [0.25, 0.3) is 0 Å². The number of halogens is 3. The van der Waals surface area contributed by atoms with Crippen molar-refractivity contribution in [1.29, 1.82) is 0 Å². The summed E-state index contributed by atoms with van der Waals surface area (Å²) in [4.78, 5) is 19.8. The van der Waals surface area contributed by atoms with E-state index in [1.54, 1.807) is 6.07 Å². The Bertz CT molecular complexity index is 741. The largest absolute Gasteiger partial charge is 0.419 e. The Labute approximate surface area is 140 Å². The van der Waals surface area contributed by atoms with Crippen LogP contribution in [0.2, 0.25) is 0 Å². The first-order valence-electron chi connectivity index (χ1n) is 7.59. The fraction of sp³-hybridized carbons (Fsp3) is 0.333. The van der Waals surface area contributed by atoms with Gasteiger partial charge in [-0.25, -0.2) is 9.97 Å². The van der Waals surface area contributed by atoms with Crippen molar-refractivity contribution >= 4 is 17.3 Å². The highest BCUT2D eigenvalue weighted by Crippen LogP contribution is 2.28. The van der Waals surface area contributed by atoms with E-state index in [9.17, 15) is 23.3 Å². The van der Waals surface area contributed by atoms with E-state index in [2.05, 4.69) is 9.97 Å². The highest BCUT2D eigenvalue weighted by molar-refractivity contribution is 5.42. The van der Waals surface area contributed by atoms with Crippen molar-refractivity contribution in [2.45, 2.75) is 6.18 Å². The summed E-state index contributed by atoms with van der Waals surface area (Å²) < 4.78 is 37.8. The Morgan fingerprint density at radius 3 is 1.80 bits per heavy atom. The van der Waals surface area contributed by atoms with E-state index in [0.717, 1.165) is 18.1 Å². The van der Waals surface area contributed by atoms with Gasteiger partial charge in [0.05, 0.1) is 10.5 Å². The lowest BCUT2D eigenvalue weighted by atomic mass is 10.2. The Hall–Kier alpha value is -2.91. The monoisotopic (exact) mass is 355 g/mol. The first kappa shape index (κ1) is 16.9. The molecule has 132 valence electrons. The van der Waals surface area contributed by atoms with E-state index in [0.29, 0.717) is 32.0 Å². The second kappa shape index (κ2) is 6.54. The van der Waals surface area contributed by atoms with Crippen LogP contribution in [0.15, 0.2) is 36.7 Å².